The third kappa shape index (κ3) is 3.61. The molecule has 2 aliphatic rings. The van der Waals surface area contributed by atoms with Gasteiger partial charge in [0.1, 0.15) is 5.82 Å². The topological polar surface area (TPSA) is 50.2 Å². The molecule has 1 N–H and O–H groups in total. The molecular formula is C20H26N4OS. The molecule has 0 atom stereocenters. The Balaban J connectivity index is 1.46. The first-order chi connectivity index (χ1) is 12.7. The average Bonchev–Trinajstić information content (AvgIpc) is 3.12. The number of nitrogens with one attached hydrogen (secondary N) is 1. The number of imidazole rings is 1. The van der Waals surface area contributed by atoms with Crippen molar-refractivity contribution in [3.63, 3.8) is 0 Å². The van der Waals surface area contributed by atoms with Gasteiger partial charge in [0.05, 0.1) is 0 Å². The van der Waals surface area contributed by atoms with Gasteiger partial charge in [-0.05, 0) is 50.5 Å². The second-order valence-corrected chi connectivity index (χ2v) is 8.25. The van der Waals surface area contributed by atoms with Crippen molar-refractivity contribution < 1.29 is 4.79 Å². The molecular weight excluding hydrogens is 344 g/mol. The van der Waals surface area contributed by atoms with Crippen molar-refractivity contribution in [2.75, 3.05) is 24.7 Å². The van der Waals surface area contributed by atoms with E-state index in [1.54, 1.807) is 0 Å². The minimum Gasteiger partial charge on any atom is -0.328 e. The quantitative estimate of drug-likeness (QED) is 0.879. The Hall–Kier alpha value is -1.95. The Morgan fingerprint density at radius 2 is 2.08 bits per heavy atom. The predicted octanol–water partition coefficient (Wildman–Crippen LogP) is 4.25. The number of likely N-dealkylation sites (tertiary alicyclic amines) is 1. The van der Waals surface area contributed by atoms with E-state index in [2.05, 4.69) is 27.2 Å². The fourth-order valence-electron chi connectivity index (χ4n) is 3.90. The molecule has 1 saturated heterocycles. The lowest BCUT2D eigenvalue weighted by atomic mass is 10.1. The van der Waals surface area contributed by atoms with Crippen LogP contribution in [0.4, 0.5) is 10.5 Å². The predicted molar refractivity (Wildman–Crippen MR) is 108 cm³/mol. The van der Waals surface area contributed by atoms with E-state index in [1.165, 1.54) is 18.5 Å². The summed E-state index contributed by atoms with van der Waals surface area (Å²) < 4.78 is 2.32. The molecule has 0 aliphatic carbocycles. The number of hydrogen-bond donors (Lipinski definition) is 1. The van der Waals surface area contributed by atoms with Gasteiger partial charge in [-0.2, -0.15) is 11.8 Å². The van der Waals surface area contributed by atoms with E-state index < -0.39 is 0 Å². The molecule has 1 aromatic heterocycles. The summed E-state index contributed by atoms with van der Waals surface area (Å²) in [6.45, 7) is 2.71. The Kier molecular flexibility index (Phi) is 5.20. The second kappa shape index (κ2) is 7.74. The first kappa shape index (κ1) is 17.5. The summed E-state index contributed by atoms with van der Waals surface area (Å²) in [6, 6.07) is 8.07. The van der Waals surface area contributed by atoms with E-state index in [1.807, 2.05) is 41.1 Å². The highest BCUT2D eigenvalue weighted by Gasteiger charge is 2.22. The van der Waals surface area contributed by atoms with Crippen LogP contribution in [-0.4, -0.2) is 45.1 Å². The molecule has 0 saturated carbocycles. The standard InChI is InChI=1S/C20H26N4OS/c1-26-18-8-11-23(12-9-18)20(25)22-16-6-4-5-15(13-16)19-21-14-17-7-2-3-10-24(17)19/h4-6,13-14,18H,2-3,7-12H2,1H3,(H,22,25). The van der Waals surface area contributed by atoms with Gasteiger partial charge in [0.15, 0.2) is 0 Å². The maximum absolute atomic E-state index is 12.6. The first-order valence-corrected chi connectivity index (χ1v) is 10.8. The molecule has 2 aromatic rings. The third-order valence-electron chi connectivity index (χ3n) is 5.44. The van der Waals surface area contributed by atoms with Crippen LogP contribution in [-0.2, 0) is 13.0 Å². The van der Waals surface area contributed by atoms with Crippen LogP contribution in [0.2, 0.25) is 0 Å². The Bertz CT molecular complexity index is 780. The number of carbonyl (C=O) groups excluding carboxylic acids is 1. The summed E-state index contributed by atoms with van der Waals surface area (Å²) in [5, 5.41) is 3.76. The minimum absolute atomic E-state index is 0.00634. The van der Waals surface area contributed by atoms with E-state index >= 15 is 0 Å². The minimum atomic E-state index is 0.00634. The lowest BCUT2D eigenvalue weighted by Crippen LogP contribution is -2.41. The summed E-state index contributed by atoms with van der Waals surface area (Å²) in [5.74, 6) is 1.01. The number of rotatable bonds is 3. The molecule has 0 unspecified atom stereocenters. The number of urea groups is 1. The van der Waals surface area contributed by atoms with Crippen LogP contribution in [0.5, 0.6) is 0 Å². The van der Waals surface area contributed by atoms with Gasteiger partial charge >= 0.3 is 6.03 Å². The number of amides is 2. The molecule has 2 amide bonds. The SMILES string of the molecule is CSC1CCN(C(=O)Nc2cccc(-c3ncc4n3CCCC4)c2)CC1. The third-order valence-corrected chi connectivity index (χ3v) is 6.58. The van der Waals surface area contributed by atoms with Gasteiger partial charge in [-0.15, -0.1) is 0 Å². The number of piperidine rings is 1. The smallest absolute Gasteiger partial charge is 0.321 e. The average molecular weight is 371 g/mol. The van der Waals surface area contributed by atoms with Crippen molar-refractivity contribution >= 4 is 23.5 Å². The number of aromatic nitrogens is 2. The summed E-state index contributed by atoms with van der Waals surface area (Å²) in [7, 11) is 0. The molecule has 2 aliphatic heterocycles. The van der Waals surface area contributed by atoms with Gasteiger partial charge in [0.2, 0.25) is 0 Å². The number of aryl methyl sites for hydroxylation is 1. The van der Waals surface area contributed by atoms with Crippen molar-refractivity contribution in [1.29, 1.82) is 0 Å². The summed E-state index contributed by atoms with van der Waals surface area (Å²) in [4.78, 5) is 19.1. The van der Waals surface area contributed by atoms with E-state index in [0.717, 1.165) is 56.0 Å². The van der Waals surface area contributed by atoms with Crippen molar-refractivity contribution in [3.8, 4) is 11.4 Å². The van der Waals surface area contributed by atoms with Gasteiger partial charge in [-0.25, -0.2) is 9.78 Å². The lowest BCUT2D eigenvalue weighted by Gasteiger charge is -2.31. The van der Waals surface area contributed by atoms with Crippen LogP contribution in [0.1, 0.15) is 31.4 Å². The molecule has 0 radical (unpaired) electrons. The number of hydrogen-bond acceptors (Lipinski definition) is 3. The number of anilines is 1. The number of carbonyl (C=O) groups is 1. The molecule has 6 heteroatoms. The van der Waals surface area contributed by atoms with Gasteiger partial charge in [0, 0.05) is 48.0 Å². The maximum atomic E-state index is 12.6. The molecule has 138 valence electrons. The first-order valence-electron chi connectivity index (χ1n) is 9.48. The normalized spacial score (nSPS) is 17.8. The van der Waals surface area contributed by atoms with E-state index in [-0.39, 0.29) is 6.03 Å². The van der Waals surface area contributed by atoms with Gasteiger partial charge in [0.25, 0.3) is 0 Å². The molecule has 1 fully saturated rings. The lowest BCUT2D eigenvalue weighted by molar-refractivity contribution is 0.201. The van der Waals surface area contributed by atoms with Gasteiger partial charge in [-0.1, -0.05) is 12.1 Å². The fraction of sp³-hybridized carbons (Fsp3) is 0.500. The van der Waals surface area contributed by atoms with Crippen molar-refractivity contribution in [1.82, 2.24) is 14.5 Å². The Labute approximate surface area is 159 Å². The van der Waals surface area contributed by atoms with E-state index in [4.69, 9.17) is 0 Å². The highest BCUT2D eigenvalue weighted by atomic mass is 32.2. The highest BCUT2D eigenvalue weighted by molar-refractivity contribution is 7.99. The van der Waals surface area contributed by atoms with Crippen molar-refractivity contribution in [2.24, 2.45) is 0 Å². The molecule has 0 spiro atoms. The zero-order chi connectivity index (χ0) is 17.9. The summed E-state index contributed by atoms with van der Waals surface area (Å²) in [6.07, 6.45) is 9.86. The molecule has 1 aromatic carbocycles. The summed E-state index contributed by atoms with van der Waals surface area (Å²) in [5.41, 5.74) is 3.22. The van der Waals surface area contributed by atoms with Crippen LogP contribution < -0.4 is 5.32 Å². The van der Waals surface area contributed by atoms with E-state index in [9.17, 15) is 4.79 Å². The number of fused-ring (bicyclic) bond motifs is 1. The van der Waals surface area contributed by atoms with Crippen LogP contribution in [0.25, 0.3) is 11.4 Å². The van der Waals surface area contributed by atoms with E-state index in [0.29, 0.717) is 5.25 Å². The monoisotopic (exact) mass is 370 g/mol. The van der Waals surface area contributed by atoms with Gasteiger partial charge < -0.3 is 14.8 Å². The number of nitrogens with zero attached hydrogens (tertiary/aromatic N) is 3. The second-order valence-electron chi connectivity index (χ2n) is 7.11. The Morgan fingerprint density at radius 3 is 2.88 bits per heavy atom. The fourth-order valence-corrected chi connectivity index (χ4v) is 4.58. The van der Waals surface area contributed by atoms with Crippen LogP contribution in [0.3, 0.4) is 0 Å². The zero-order valence-corrected chi connectivity index (χ0v) is 16.1. The largest absolute Gasteiger partial charge is 0.328 e. The van der Waals surface area contributed by atoms with Crippen molar-refractivity contribution in [3.05, 3.63) is 36.2 Å². The molecule has 0 bridgehead atoms. The number of benzene rings is 1. The molecule has 4 rings (SSSR count). The highest BCUT2D eigenvalue weighted by Crippen LogP contribution is 2.27. The van der Waals surface area contributed by atoms with Crippen LogP contribution in [0, 0.1) is 0 Å². The zero-order valence-electron chi connectivity index (χ0n) is 15.3. The summed E-state index contributed by atoms with van der Waals surface area (Å²) >= 11 is 1.91. The molecule has 5 nitrogen and oxygen atoms in total. The Morgan fingerprint density at radius 1 is 1.23 bits per heavy atom. The van der Waals surface area contributed by atoms with Crippen molar-refractivity contribution in [2.45, 2.75) is 43.9 Å². The van der Waals surface area contributed by atoms with Crippen LogP contribution in [0.15, 0.2) is 30.5 Å². The molecule has 3 heterocycles. The maximum Gasteiger partial charge on any atom is 0.321 e. The van der Waals surface area contributed by atoms with Gasteiger partial charge in [-0.3, -0.25) is 0 Å². The molecule has 26 heavy (non-hydrogen) atoms. The number of thioether (sulfide) groups is 1. The van der Waals surface area contributed by atoms with Crippen LogP contribution >= 0.6 is 11.8 Å².